The molecule has 0 bridgehead atoms. The van der Waals surface area contributed by atoms with Crippen molar-refractivity contribution in [1.82, 2.24) is 10.2 Å². The maximum Gasteiger partial charge on any atom is 0.233 e. The molecule has 0 aromatic heterocycles. The fraction of sp³-hybridized carbons (Fsp3) is 0.818. The van der Waals surface area contributed by atoms with Gasteiger partial charge in [0.2, 0.25) is 5.91 Å². The first kappa shape index (κ1) is 15.7. The van der Waals surface area contributed by atoms with E-state index in [1.165, 1.54) is 0 Å². The Hall–Kier alpha value is -1.30. The number of likely N-dealkylation sites (N-methyl/N-ethyl adjacent to an activating group) is 1. The molecule has 100 valence electrons. The zero-order valence-electron chi connectivity index (χ0n) is 11.3. The highest BCUT2D eigenvalue weighted by Crippen LogP contribution is 2.21. The molecule has 0 saturated carbocycles. The van der Waals surface area contributed by atoms with Crippen LogP contribution >= 0.6 is 0 Å². The maximum absolute atomic E-state index is 12.0. The van der Waals surface area contributed by atoms with Crippen LogP contribution in [0.1, 0.15) is 27.2 Å². The van der Waals surface area contributed by atoms with E-state index in [1.54, 1.807) is 6.92 Å². The molecule has 0 fully saturated rings. The Labute approximate surface area is 103 Å². The van der Waals surface area contributed by atoms with E-state index in [9.17, 15) is 4.79 Å². The molecule has 0 aromatic rings. The first-order valence-corrected chi connectivity index (χ1v) is 5.72. The van der Waals surface area contributed by atoms with Crippen molar-refractivity contribution in [3.8, 4) is 0 Å². The monoisotopic (exact) mass is 244 g/mol. The lowest BCUT2D eigenvalue weighted by atomic mass is 9.85. The van der Waals surface area contributed by atoms with E-state index in [2.05, 4.69) is 10.5 Å². The van der Waals surface area contributed by atoms with Gasteiger partial charge in [-0.3, -0.25) is 4.79 Å². The van der Waals surface area contributed by atoms with Crippen molar-refractivity contribution < 1.29 is 10.0 Å². The SMILES string of the molecule is CCC(C)(C(=O)NCC(C)N(C)C)C(N)=NO. The van der Waals surface area contributed by atoms with Crippen molar-refractivity contribution in [2.45, 2.75) is 33.2 Å². The predicted octanol–water partition coefficient (Wildman–Crippen LogP) is 0.215. The molecule has 6 heteroatoms. The molecule has 17 heavy (non-hydrogen) atoms. The van der Waals surface area contributed by atoms with E-state index in [0.29, 0.717) is 13.0 Å². The molecule has 0 aliphatic rings. The van der Waals surface area contributed by atoms with Gasteiger partial charge in [0.1, 0.15) is 5.41 Å². The van der Waals surface area contributed by atoms with Crippen LogP contribution in [-0.2, 0) is 4.79 Å². The third-order valence-electron chi connectivity index (χ3n) is 3.32. The lowest BCUT2D eigenvalue weighted by Gasteiger charge is -2.27. The van der Waals surface area contributed by atoms with Gasteiger partial charge in [0.15, 0.2) is 5.84 Å². The average Bonchev–Trinajstić information content (AvgIpc) is 2.32. The van der Waals surface area contributed by atoms with E-state index in [0.717, 1.165) is 0 Å². The number of amidine groups is 1. The number of rotatable bonds is 6. The zero-order chi connectivity index (χ0) is 13.6. The van der Waals surface area contributed by atoms with E-state index >= 15 is 0 Å². The molecule has 0 aliphatic carbocycles. The van der Waals surface area contributed by atoms with Crippen molar-refractivity contribution in [2.75, 3.05) is 20.6 Å². The summed E-state index contributed by atoms with van der Waals surface area (Å²) in [5.74, 6) is -0.279. The first-order chi connectivity index (χ1) is 7.79. The molecule has 1 amide bonds. The van der Waals surface area contributed by atoms with E-state index in [4.69, 9.17) is 10.9 Å². The number of carbonyl (C=O) groups excluding carboxylic acids is 1. The predicted molar refractivity (Wildman–Crippen MR) is 68.0 cm³/mol. The third-order valence-corrected chi connectivity index (χ3v) is 3.32. The highest BCUT2D eigenvalue weighted by atomic mass is 16.4. The molecule has 4 N–H and O–H groups in total. The second-order valence-corrected chi connectivity index (χ2v) is 4.69. The van der Waals surface area contributed by atoms with Gasteiger partial charge >= 0.3 is 0 Å². The molecule has 0 radical (unpaired) electrons. The van der Waals surface area contributed by atoms with Crippen LogP contribution in [0.5, 0.6) is 0 Å². The van der Waals surface area contributed by atoms with Crippen molar-refractivity contribution in [3.63, 3.8) is 0 Å². The summed E-state index contributed by atoms with van der Waals surface area (Å²) in [5.41, 5.74) is 4.60. The van der Waals surface area contributed by atoms with Crippen molar-refractivity contribution in [2.24, 2.45) is 16.3 Å². The lowest BCUT2D eigenvalue weighted by Crippen LogP contribution is -2.50. The number of nitrogens with two attached hydrogens (primary N) is 1. The van der Waals surface area contributed by atoms with Gasteiger partial charge in [0.05, 0.1) is 0 Å². The summed E-state index contributed by atoms with van der Waals surface area (Å²) in [4.78, 5) is 14.0. The normalized spacial score (nSPS) is 17.6. The molecule has 0 heterocycles. The first-order valence-electron chi connectivity index (χ1n) is 5.72. The summed E-state index contributed by atoms with van der Waals surface area (Å²) in [6.07, 6.45) is 0.477. The molecule has 0 spiro atoms. The molecule has 6 nitrogen and oxygen atoms in total. The summed E-state index contributed by atoms with van der Waals surface area (Å²) < 4.78 is 0. The van der Waals surface area contributed by atoms with Gasteiger partial charge in [-0.15, -0.1) is 0 Å². The highest BCUT2D eigenvalue weighted by Gasteiger charge is 2.36. The molecular formula is C11H24N4O2. The Balaban J connectivity index is 4.58. The smallest absolute Gasteiger partial charge is 0.233 e. The topological polar surface area (TPSA) is 91.0 Å². The third kappa shape index (κ3) is 3.89. The van der Waals surface area contributed by atoms with E-state index in [1.807, 2.05) is 32.8 Å². The summed E-state index contributed by atoms with van der Waals surface area (Å²) >= 11 is 0. The number of hydrogen-bond acceptors (Lipinski definition) is 4. The second kappa shape index (κ2) is 6.44. The Morgan fingerprint density at radius 1 is 1.59 bits per heavy atom. The van der Waals surface area contributed by atoms with Gasteiger partial charge in [-0.2, -0.15) is 0 Å². The molecular weight excluding hydrogens is 220 g/mol. The Morgan fingerprint density at radius 3 is 2.47 bits per heavy atom. The van der Waals surface area contributed by atoms with Gasteiger partial charge in [-0.1, -0.05) is 12.1 Å². The van der Waals surface area contributed by atoms with Crippen LogP contribution in [0.25, 0.3) is 0 Å². The second-order valence-electron chi connectivity index (χ2n) is 4.69. The van der Waals surface area contributed by atoms with Crippen LogP contribution in [0.4, 0.5) is 0 Å². The number of amides is 1. The van der Waals surface area contributed by atoms with Crippen molar-refractivity contribution in [3.05, 3.63) is 0 Å². The molecule has 2 unspecified atom stereocenters. The fourth-order valence-corrected chi connectivity index (χ4v) is 1.19. The van der Waals surface area contributed by atoms with Crippen LogP contribution in [0.2, 0.25) is 0 Å². The lowest BCUT2D eigenvalue weighted by molar-refractivity contribution is -0.127. The minimum Gasteiger partial charge on any atom is -0.409 e. The number of hydrogen-bond donors (Lipinski definition) is 3. The van der Waals surface area contributed by atoms with E-state index < -0.39 is 5.41 Å². The van der Waals surface area contributed by atoms with Crippen LogP contribution < -0.4 is 11.1 Å². The average molecular weight is 244 g/mol. The van der Waals surface area contributed by atoms with Gasteiger partial charge in [-0.05, 0) is 34.4 Å². The van der Waals surface area contributed by atoms with Crippen LogP contribution in [0.15, 0.2) is 5.16 Å². The molecule has 0 aromatic carbocycles. The molecule has 0 saturated heterocycles. The van der Waals surface area contributed by atoms with E-state index in [-0.39, 0.29) is 17.8 Å². The van der Waals surface area contributed by atoms with Crippen LogP contribution in [-0.4, -0.2) is 48.5 Å². The van der Waals surface area contributed by atoms with Gasteiger partial charge < -0.3 is 21.2 Å². The Bertz CT molecular complexity index is 291. The summed E-state index contributed by atoms with van der Waals surface area (Å²) in [7, 11) is 3.89. The fourth-order valence-electron chi connectivity index (χ4n) is 1.19. The zero-order valence-corrected chi connectivity index (χ0v) is 11.3. The number of nitrogens with one attached hydrogen (secondary N) is 1. The molecule has 0 aliphatic heterocycles. The van der Waals surface area contributed by atoms with Gasteiger partial charge in [-0.25, -0.2) is 0 Å². The standard InChI is InChI=1S/C11H24N4O2/c1-6-11(3,9(12)14-17)10(16)13-7-8(2)15(4)5/h8,17H,6-7H2,1-5H3,(H2,12,14)(H,13,16). The minimum absolute atomic E-state index is 0.0602. The minimum atomic E-state index is -0.958. The maximum atomic E-state index is 12.0. The highest BCUT2D eigenvalue weighted by molar-refractivity contribution is 6.06. The molecule has 2 atom stereocenters. The van der Waals surface area contributed by atoms with Crippen molar-refractivity contribution >= 4 is 11.7 Å². The Kier molecular flexibility index (Phi) is 5.95. The van der Waals surface area contributed by atoms with Gasteiger partial charge in [0.25, 0.3) is 0 Å². The Morgan fingerprint density at radius 2 is 2.12 bits per heavy atom. The summed E-state index contributed by atoms with van der Waals surface area (Å²) in [6.45, 7) is 6.03. The van der Waals surface area contributed by atoms with Crippen LogP contribution in [0.3, 0.4) is 0 Å². The number of nitrogens with zero attached hydrogens (tertiary/aromatic N) is 2. The summed E-state index contributed by atoms with van der Waals surface area (Å²) in [6, 6.07) is 0.229. The molecule has 0 rings (SSSR count). The largest absolute Gasteiger partial charge is 0.409 e. The van der Waals surface area contributed by atoms with Crippen molar-refractivity contribution in [1.29, 1.82) is 0 Å². The van der Waals surface area contributed by atoms with Crippen LogP contribution in [0, 0.1) is 5.41 Å². The van der Waals surface area contributed by atoms with Gasteiger partial charge in [0, 0.05) is 12.6 Å². The number of carbonyl (C=O) groups is 1. The summed E-state index contributed by atoms with van der Waals surface area (Å²) in [5, 5.41) is 14.4. The number of oxime groups is 1. The quantitative estimate of drug-likeness (QED) is 0.270.